The number of fused-ring (bicyclic) bond motifs is 1. The number of hydrogen-bond acceptors (Lipinski definition) is 10. The van der Waals surface area contributed by atoms with Crippen molar-refractivity contribution in [1.29, 1.82) is 0 Å². The molecule has 5 rings (SSSR count). The molecule has 214 valence electrons. The number of nitrogens with one attached hydrogen (secondary N) is 1. The molecule has 0 aliphatic carbocycles. The van der Waals surface area contributed by atoms with Crippen molar-refractivity contribution in [1.82, 2.24) is 24.5 Å². The summed E-state index contributed by atoms with van der Waals surface area (Å²) in [5.41, 5.74) is 2.87. The first kappa shape index (κ1) is 28.3. The Hall–Kier alpha value is -4.25. The van der Waals surface area contributed by atoms with Crippen molar-refractivity contribution in [2.24, 2.45) is 7.05 Å². The first-order valence-corrected chi connectivity index (χ1v) is 13.7. The SMILES string of the molecule is COC(=O)c1nc(Cl)ccc1N[C@H](C)c1cc(C)cc2c(=O)n(C)c(C3CCN(c4ncncc4OC)CC3)nc12. The van der Waals surface area contributed by atoms with Crippen LogP contribution in [-0.2, 0) is 11.8 Å². The topological polar surface area (TPSA) is 124 Å². The molecule has 4 aromatic rings. The summed E-state index contributed by atoms with van der Waals surface area (Å²) in [6.07, 6.45) is 4.78. The largest absolute Gasteiger partial charge is 0.491 e. The number of benzene rings is 1. The molecule has 0 bridgehead atoms. The molecule has 3 aromatic heterocycles. The summed E-state index contributed by atoms with van der Waals surface area (Å²) in [6.45, 7) is 5.38. The maximum absolute atomic E-state index is 13.6. The zero-order chi connectivity index (χ0) is 29.3. The van der Waals surface area contributed by atoms with Gasteiger partial charge in [-0.25, -0.2) is 24.7 Å². The van der Waals surface area contributed by atoms with Gasteiger partial charge in [0, 0.05) is 31.6 Å². The molecule has 1 fully saturated rings. The first-order chi connectivity index (χ1) is 19.7. The fraction of sp³-hybridized carbons (Fsp3) is 0.379. The second kappa shape index (κ2) is 11.7. The third-order valence-electron chi connectivity index (χ3n) is 7.51. The van der Waals surface area contributed by atoms with Gasteiger partial charge in [0.15, 0.2) is 17.3 Å². The molecule has 1 aliphatic heterocycles. The van der Waals surface area contributed by atoms with E-state index in [-0.39, 0.29) is 28.4 Å². The molecule has 0 saturated carbocycles. The number of carbonyl (C=O) groups excluding carboxylic acids is 1. The van der Waals surface area contributed by atoms with E-state index < -0.39 is 5.97 Å². The second-order valence-electron chi connectivity index (χ2n) is 10.1. The molecule has 41 heavy (non-hydrogen) atoms. The average Bonchev–Trinajstić information content (AvgIpc) is 2.99. The number of nitrogens with zero attached hydrogens (tertiary/aromatic N) is 6. The maximum Gasteiger partial charge on any atom is 0.358 e. The van der Waals surface area contributed by atoms with E-state index in [2.05, 4.69) is 25.2 Å². The summed E-state index contributed by atoms with van der Waals surface area (Å²) >= 11 is 6.04. The standard InChI is InChI=1S/C29H32ClN7O4/c1-16-12-19(17(2)33-21-6-7-23(30)34-25(21)29(39)41-5)24-20(13-16)28(38)36(3)26(35-24)18-8-10-37(11-9-18)27-22(40-4)14-31-15-32-27/h6-7,12-15,17-18,33H,8-11H2,1-5H3/t17-/m1/s1. The van der Waals surface area contributed by atoms with Crippen LogP contribution in [0.4, 0.5) is 11.5 Å². The highest BCUT2D eigenvalue weighted by Gasteiger charge is 2.28. The predicted molar refractivity (Wildman–Crippen MR) is 157 cm³/mol. The van der Waals surface area contributed by atoms with Crippen molar-refractivity contribution < 1.29 is 14.3 Å². The molecule has 4 heterocycles. The molecule has 12 heteroatoms. The van der Waals surface area contributed by atoms with Crippen molar-refractivity contribution in [2.45, 2.75) is 38.6 Å². The lowest BCUT2D eigenvalue weighted by molar-refractivity contribution is 0.0595. The smallest absolute Gasteiger partial charge is 0.358 e. The Labute approximate surface area is 242 Å². The van der Waals surface area contributed by atoms with Crippen molar-refractivity contribution in [2.75, 3.05) is 37.5 Å². The fourth-order valence-electron chi connectivity index (χ4n) is 5.42. The van der Waals surface area contributed by atoms with Crippen LogP contribution in [0.5, 0.6) is 5.75 Å². The maximum atomic E-state index is 13.6. The third kappa shape index (κ3) is 5.54. The van der Waals surface area contributed by atoms with Gasteiger partial charge in [-0.3, -0.25) is 9.36 Å². The number of halogens is 1. The number of aromatic nitrogens is 5. The molecule has 1 aromatic carbocycles. The van der Waals surface area contributed by atoms with Gasteiger partial charge in [0.1, 0.15) is 17.3 Å². The number of ether oxygens (including phenoxy) is 2. The lowest BCUT2D eigenvalue weighted by Crippen LogP contribution is -2.36. The van der Waals surface area contributed by atoms with Gasteiger partial charge in [-0.05, 0) is 50.5 Å². The van der Waals surface area contributed by atoms with Gasteiger partial charge in [-0.15, -0.1) is 0 Å². The van der Waals surface area contributed by atoms with Gasteiger partial charge >= 0.3 is 5.97 Å². The molecule has 0 unspecified atom stereocenters. The molecule has 0 spiro atoms. The molecule has 1 aliphatic rings. The Morgan fingerprint density at radius 2 is 1.93 bits per heavy atom. The van der Waals surface area contributed by atoms with Crippen LogP contribution in [0.25, 0.3) is 10.9 Å². The summed E-state index contributed by atoms with van der Waals surface area (Å²) in [5.74, 6) is 1.64. The van der Waals surface area contributed by atoms with Gasteiger partial charge in [0.25, 0.3) is 5.56 Å². The number of aryl methyl sites for hydroxylation is 1. The normalized spacial score (nSPS) is 14.6. The summed E-state index contributed by atoms with van der Waals surface area (Å²) in [7, 11) is 4.69. The van der Waals surface area contributed by atoms with Crippen molar-refractivity contribution in [3.8, 4) is 5.75 Å². The van der Waals surface area contributed by atoms with Gasteiger partial charge in [0.2, 0.25) is 0 Å². The van der Waals surface area contributed by atoms with E-state index in [4.69, 9.17) is 26.1 Å². The number of esters is 1. The lowest BCUT2D eigenvalue weighted by Gasteiger charge is -2.33. The number of carbonyl (C=O) groups is 1. The van der Waals surface area contributed by atoms with Crippen LogP contribution >= 0.6 is 11.6 Å². The molecule has 1 atom stereocenters. The average molecular weight is 578 g/mol. The minimum Gasteiger partial charge on any atom is -0.491 e. The summed E-state index contributed by atoms with van der Waals surface area (Å²) in [5, 5.41) is 4.09. The monoisotopic (exact) mass is 577 g/mol. The summed E-state index contributed by atoms with van der Waals surface area (Å²) < 4.78 is 12.0. The Balaban J connectivity index is 1.49. The third-order valence-corrected chi connectivity index (χ3v) is 7.72. The van der Waals surface area contributed by atoms with E-state index >= 15 is 0 Å². The number of pyridine rings is 1. The van der Waals surface area contributed by atoms with E-state index in [1.807, 2.05) is 26.0 Å². The van der Waals surface area contributed by atoms with Crippen LogP contribution in [0.2, 0.25) is 5.15 Å². The van der Waals surface area contributed by atoms with Gasteiger partial charge in [-0.1, -0.05) is 17.7 Å². The van der Waals surface area contributed by atoms with E-state index in [1.54, 1.807) is 37.1 Å². The zero-order valence-corrected chi connectivity index (χ0v) is 24.4. The van der Waals surface area contributed by atoms with Gasteiger partial charge < -0.3 is 19.7 Å². The van der Waals surface area contributed by atoms with E-state index in [9.17, 15) is 9.59 Å². The second-order valence-corrected chi connectivity index (χ2v) is 10.5. The highest BCUT2D eigenvalue weighted by atomic mass is 35.5. The minimum absolute atomic E-state index is 0.0837. The quantitative estimate of drug-likeness (QED) is 0.249. The highest BCUT2D eigenvalue weighted by molar-refractivity contribution is 6.29. The predicted octanol–water partition coefficient (Wildman–Crippen LogP) is 4.43. The number of piperidine rings is 1. The summed E-state index contributed by atoms with van der Waals surface area (Å²) in [6, 6.07) is 6.87. The van der Waals surface area contributed by atoms with E-state index in [0.29, 0.717) is 22.3 Å². The van der Waals surface area contributed by atoms with Crippen LogP contribution in [0.1, 0.15) is 59.2 Å². The molecule has 1 N–H and O–H groups in total. The van der Waals surface area contributed by atoms with Crippen molar-refractivity contribution in [3.05, 3.63) is 74.9 Å². The van der Waals surface area contributed by atoms with Crippen LogP contribution in [0, 0.1) is 6.92 Å². The van der Waals surface area contributed by atoms with Crippen molar-refractivity contribution in [3.63, 3.8) is 0 Å². The Morgan fingerprint density at radius 3 is 2.63 bits per heavy atom. The fourth-order valence-corrected chi connectivity index (χ4v) is 5.57. The number of hydrogen-bond donors (Lipinski definition) is 1. The van der Waals surface area contributed by atoms with Gasteiger partial charge in [0.05, 0.1) is 43.0 Å². The molecular weight excluding hydrogens is 546 g/mol. The Kier molecular flexibility index (Phi) is 8.07. The number of rotatable bonds is 7. The number of methoxy groups -OCH3 is 2. The van der Waals surface area contributed by atoms with E-state index in [0.717, 1.165) is 48.7 Å². The molecular formula is C29H32ClN7O4. The number of anilines is 2. The lowest BCUT2D eigenvalue weighted by atomic mass is 9.94. The molecule has 0 radical (unpaired) electrons. The zero-order valence-electron chi connectivity index (χ0n) is 23.6. The van der Waals surface area contributed by atoms with Crippen LogP contribution in [-0.4, -0.2) is 57.8 Å². The Bertz CT molecular complexity index is 1670. The first-order valence-electron chi connectivity index (χ1n) is 13.3. The molecule has 1 saturated heterocycles. The Morgan fingerprint density at radius 1 is 1.17 bits per heavy atom. The van der Waals surface area contributed by atoms with Crippen LogP contribution in [0.3, 0.4) is 0 Å². The van der Waals surface area contributed by atoms with Crippen LogP contribution < -0.4 is 20.5 Å². The molecule has 0 amide bonds. The highest BCUT2D eigenvalue weighted by Crippen LogP contribution is 2.34. The summed E-state index contributed by atoms with van der Waals surface area (Å²) in [4.78, 5) is 45.9. The van der Waals surface area contributed by atoms with E-state index in [1.165, 1.54) is 13.4 Å². The van der Waals surface area contributed by atoms with Crippen LogP contribution in [0.15, 0.2) is 41.6 Å². The minimum atomic E-state index is -0.600. The molecule has 11 nitrogen and oxygen atoms in total. The van der Waals surface area contributed by atoms with Gasteiger partial charge in [-0.2, -0.15) is 0 Å². The van der Waals surface area contributed by atoms with Crippen molar-refractivity contribution >= 4 is 40.0 Å².